The largest absolute Gasteiger partial charge is 0.354 e. The third-order valence-corrected chi connectivity index (χ3v) is 2.69. The lowest BCUT2D eigenvalue weighted by Crippen LogP contribution is -2.45. The molecule has 76 valence electrons. The van der Waals surface area contributed by atoms with E-state index in [-0.39, 0.29) is 0 Å². The van der Waals surface area contributed by atoms with E-state index in [1.165, 1.54) is 5.06 Å². The first-order valence-electron chi connectivity index (χ1n) is 4.66. The minimum atomic E-state index is 0.685. The van der Waals surface area contributed by atoms with Gasteiger partial charge in [-0.2, -0.15) is 5.06 Å². The Hall–Kier alpha value is -0.700. The Bertz CT molecular complexity index is 295. The van der Waals surface area contributed by atoms with E-state index >= 15 is 0 Å². The summed E-state index contributed by atoms with van der Waals surface area (Å²) in [6.07, 6.45) is 1.84. The lowest BCUT2D eigenvalue weighted by Gasteiger charge is -2.31. The van der Waals surface area contributed by atoms with Crippen molar-refractivity contribution >= 4 is 20.4 Å². The molecule has 0 spiro atoms. The Balaban J connectivity index is 2.05. The number of hydrogen-bond donors (Lipinski definition) is 1. The quantitative estimate of drug-likeness (QED) is 0.668. The number of rotatable bonds is 1. The highest BCUT2D eigenvalue weighted by molar-refractivity contribution is 7.27. The number of anilines is 1. The lowest BCUT2D eigenvalue weighted by atomic mass is 10.3. The summed E-state index contributed by atoms with van der Waals surface area (Å²) in [7, 11) is 2.62. The molecule has 0 radical (unpaired) electrons. The average molecular weight is 211 g/mol. The molecule has 0 saturated carbocycles. The minimum Gasteiger partial charge on any atom is -0.354 e. The molecule has 5 heteroatoms. The first-order valence-corrected chi connectivity index (χ1v) is 5.24. The first kappa shape index (κ1) is 9.84. The second-order valence-electron chi connectivity index (χ2n) is 3.39. The summed E-state index contributed by atoms with van der Waals surface area (Å²) in [5, 5.41) is 11.6. The van der Waals surface area contributed by atoms with E-state index in [2.05, 4.69) is 19.1 Å². The normalized spacial score (nSPS) is 18.6. The van der Waals surface area contributed by atoms with Gasteiger partial charge in [0.15, 0.2) is 0 Å². The molecular formula is C9H14N3OP. The number of piperazine rings is 1. The van der Waals surface area contributed by atoms with Gasteiger partial charge in [-0.3, -0.25) is 0 Å². The number of nitrogens with zero attached hydrogens (tertiary/aromatic N) is 3. The maximum absolute atomic E-state index is 9.20. The van der Waals surface area contributed by atoms with Gasteiger partial charge in [0.2, 0.25) is 0 Å². The number of pyridine rings is 1. The summed E-state index contributed by atoms with van der Waals surface area (Å²) in [4.78, 5) is 6.51. The molecule has 14 heavy (non-hydrogen) atoms. The van der Waals surface area contributed by atoms with Crippen LogP contribution in [0, 0.1) is 0 Å². The van der Waals surface area contributed by atoms with E-state index in [0.717, 1.165) is 24.2 Å². The zero-order valence-corrected chi connectivity index (χ0v) is 9.08. The zero-order chi connectivity index (χ0) is 9.97. The smallest absolute Gasteiger partial charge is 0.128 e. The van der Waals surface area contributed by atoms with Crippen molar-refractivity contribution in [3.63, 3.8) is 0 Å². The van der Waals surface area contributed by atoms with Crippen molar-refractivity contribution in [2.45, 2.75) is 0 Å². The second kappa shape index (κ2) is 4.22. The highest BCUT2D eigenvalue weighted by Crippen LogP contribution is 2.11. The highest BCUT2D eigenvalue weighted by atomic mass is 31.0. The number of aromatic nitrogens is 1. The molecule has 0 aromatic carbocycles. The van der Waals surface area contributed by atoms with Crippen molar-refractivity contribution in [1.82, 2.24) is 10.0 Å². The van der Waals surface area contributed by atoms with E-state index in [1.54, 1.807) is 0 Å². The van der Waals surface area contributed by atoms with Crippen LogP contribution < -0.4 is 10.2 Å². The molecule has 2 heterocycles. The summed E-state index contributed by atoms with van der Waals surface area (Å²) < 4.78 is 0. The highest BCUT2D eigenvalue weighted by Gasteiger charge is 2.15. The van der Waals surface area contributed by atoms with Crippen LogP contribution in [0.5, 0.6) is 0 Å². The van der Waals surface area contributed by atoms with Crippen LogP contribution in [0.25, 0.3) is 0 Å². The van der Waals surface area contributed by atoms with Crippen molar-refractivity contribution in [2.24, 2.45) is 0 Å². The van der Waals surface area contributed by atoms with Gasteiger partial charge in [-0.15, -0.1) is 9.24 Å². The van der Waals surface area contributed by atoms with Crippen molar-refractivity contribution < 1.29 is 5.21 Å². The van der Waals surface area contributed by atoms with Gasteiger partial charge in [0.1, 0.15) is 5.82 Å². The SMILES string of the molecule is ON1CCN(c2ccc(P)cn2)CC1. The molecule has 0 amide bonds. The fourth-order valence-corrected chi connectivity index (χ4v) is 1.68. The fraction of sp³-hybridized carbons (Fsp3) is 0.444. The lowest BCUT2D eigenvalue weighted by molar-refractivity contribution is -0.0936. The zero-order valence-electron chi connectivity index (χ0n) is 7.93. The van der Waals surface area contributed by atoms with Crippen molar-refractivity contribution in [2.75, 3.05) is 31.1 Å². The van der Waals surface area contributed by atoms with Crippen LogP contribution >= 0.6 is 9.24 Å². The van der Waals surface area contributed by atoms with Crippen molar-refractivity contribution in [3.05, 3.63) is 18.3 Å². The molecule has 1 atom stereocenters. The van der Waals surface area contributed by atoms with E-state index in [1.807, 2.05) is 18.3 Å². The summed E-state index contributed by atoms with van der Waals surface area (Å²) in [6, 6.07) is 4.04. The Morgan fingerprint density at radius 2 is 1.93 bits per heavy atom. The predicted molar refractivity (Wildman–Crippen MR) is 59.2 cm³/mol. The Kier molecular flexibility index (Phi) is 2.96. The molecule has 0 bridgehead atoms. The van der Waals surface area contributed by atoms with Crippen LogP contribution in [-0.4, -0.2) is 41.4 Å². The van der Waals surface area contributed by atoms with E-state index < -0.39 is 0 Å². The average Bonchev–Trinajstić information content (AvgIpc) is 2.21. The molecule has 1 aliphatic rings. The van der Waals surface area contributed by atoms with Gasteiger partial charge in [-0.1, -0.05) is 0 Å². The monoisotopic (exact) mass is 211 g/mol. The van der Waals surface area contributed by atoms with Crippen molar-refractivity contribution in [3.8, 4) is 0 Å². The predicted octanol–water partition coefficient (Wildman–Crippen LogP) is 0.0932. The molecule has 4 nitrogen and oxygen atoms in total. The second-order valence-corrected chi connectivity index (χ2v) is 4.06. The third kappa shape index (κ3) is 2.21. The molecule has 1 unspecified atom stereocenters. The van der Waals surface area contributed by atoms with Crippen LogP contribution in [-0.2, 0) is 0 Å². The summed E-state index contributed by atoms with van der Waals surface area (Å²) in [6.45, 7) is 3.04. The molecule has 1 saturated heterocycles. The topological polar surface area (TPSA) is 39.6 Å². The van der Waals surface area contributed by atoms with E-state index in [0.29, 0.717) is 13.1 Å². The van der Waals surface area contributed by atoms with Crippen LogP contribution in [0.15, 0.2) is 18.3 Å². The van der Waals surface area contributed by atoms with E-state index in [4.69, 9.17) is 0 Å². The molecule has 1 N–H and O–H groups in total. The molecule has 1 aromatic rings. The van der Waals surface area contributed by atoms with Gasteiger partial charge in [-0.05, 0) is 17.4 Å². The fourth-order valence-electron chi connectivity index (χ4n) is 1.51. The van der Waals surface area contributed by atoms with Crippen LogP contribution in [0.4, 0.5) is 5.82 Å². The Morgan fingerprint density at radius 1 is 1.21 bits per heavy atom. The van der Waals surface area contributed by atoms with Crippen LogP contribution in [0.3, 0.4) is 0 Å². The van der Waals surface area contributed by atoms with Crippen molar-refractivity contribution in [1.29, 1.82) is 0 Å². The molecule has 1 aromatic heterocycles. The number of hydrogen-bond acceptors (Lipinski definition) is 4. The number of hydroxylamine groups is 2. The molecule has 2 rings (SSSR count). The standard InChI is InChI=1S/C9H14N3OP/c13-12-5-3-11(4-6-12)9-2-1-8(14)7-10-9/h1-2,7,13H,3-6,14H2. The van der Waals surface area contributed by atoms with Gasteiger partial charge < -0.3 is 10.1 Å². The first-order chi connectivity index (χ1) is 6.75. The Labute approximate surface area is 85.7 Å². The maximum Gasteiger partial charge on any atom is 0.128 e. The molecular weight excluding hydrogens is 197 g/mol. The van der Waals surface area contributed by atoms with Gasteiger partial charge in [0, 0.05) is 32.4 Å². The molecule has 1 aliphatic heterocycles. The molecule has 1 fully saturated rings. The Morgan fingerprint density at radius 3 is 2.50 bits per heavy atom. The summed E-state index contributed by atoms with van der Waals surface area (Å²) >= 11 is 0. The van der Waals surface area contributed by atoms with Gasteiger partial charge in [0.05, 0.1) is 0 Å². The minimum absolute atomic E-state index is 0.685. The third-order valence-electron chi connectivity index (χ3n) is 2.35. The summed E-state index contributed by atoms with van der Waals surface area (Å²) in [5.74, 6) is 0.990. The van der Waals surface area contributed by atoms with E-state index in [9.17, 15) is 5.21 Å². The van der Waals surface area contributed by atoms with Gasteiger partial charge in [0.25, 0.3) is 0 Å². The molecule has 0 aliphatic carbocycles. The van der Waals surface area contributed by atoms with Gasteiger partial charge >= 0.3 is 0 Å². The van der Waals surface area contributed by atoms with Gasteiger partial charge in [-0.25, -0.2) is 4.98 Å². The van der Waals surface area contributed by atoms with Crippen LogP contribution in [0.1, 0.15) is 0 Å². The maximum atomic E-state index is 9.20. The van der Waals surface area contributed by atoms with Crippen LogP contribution in [0.2, 0.25) is 0 Å². The summed E-state index contributed by atoms with van der Waals surface area (Å²) in [5.41, 5.74) is 0.